The van der Waals surface area contributed by atoms with Gasteiger partial charge in [0.25, 0.3) is 0 Å². The van der Waals surface area contributed by atoms with E-state index >= 15 is 0 Å². The van der Waals surface area contributed by atoms with Crippen LogP contribution in [0.3, 0.4) is 0 Å². The van der Waals surface area contributed by atoms with Crippen LogP contribution in [-0.2, 0) is 0 Å². The largest absolute Gasteiger partial charge is 0.350 e. The van der Waals surface area contributed by atoms with Crippen molar-refractivity contribution >= 4 is 12.2 Å². The van der Waals surface area contributed by atoms with Gasteiger partial charge in [0.15, 0.2) is 0 Å². The molecule has 2 amide bonds. The fourth-order valence-corrected chi connectivity index (χ4v) is 2.19. The van der Waals surface area contributed by atoms with Crippen molar-refractivity contribution in [1.82, 2.24) is 5.43 Å². The molecule has 3 atom stereocenters. The summed E-state index contributed by atoms with van der Waals surface area (Å²) < 4.78 is 0. The lowest BCUT2D eigenvalue weighted by Crippen LogP contribution is -2.25. The van der Waals surface area contributed by atoms with Crippen LogP contribution in [0.5, 0.6) is 0 Å². The van der Waals surface area contributed by atoms with Gasteiger partial charge in [-0.25, -0.2) is 10.2 Å². The van der Waals surface area contributed by atoms with Gasteiger partial charge in [0, 0.05) is 12.1 Å². The monoisotopic (exact) mass is 179 g/mol. The molecule has 4 nitrogen and oxygen atoms in total. The number of nitrogens with two attached hydrogens (primary N) is 1. The van der Waals surface area contributed by atoms with E-state index in [2.05, 4.69) is 22.7 Å². The Balaban J connectivity index is 1.86. The summed E-state index contributed by atoms with van der Waals surface area (Å²) in [5.41, 5.74) is 7.09. The van der Waals surface area contributed by atoms with E-state index in [1.165, 1.54) is 6.42 Å². The van der Waals surface area contributed by atoms with Gasteiger partial charge < -0.3 is 5.73 Å². The number of rotatable bonds is 2. The fourth-order valence-electron chi connectivity index (χ4n) is 2.19. The zero-order valence-corrected chi connectivity index (χ0v) is 7.31. The molecule has 0 spiro atoms. The lowest BCUT2D eigenvalue weighted by atomic mass is 9.95. The molecule has 3 unspecified atom stereocenters. The van der Waals surface area contributed by atoms with Crippen molar-refractivity contribution < 1.29 is 4.79 Å². The van der Waals surface area contributed by atoms with Crippen LogP contribution in [-0.4, -0.2) is 12.2 Å². The molecule has 0 saturated heterocycles. The summed E-state index contributed by atoms with van der Waals surface area (Å²) in [6.07, 6.45) is 8.73. The summed E-state index contributed by atoms with van der Waals surface area (Å²) >= 11 is 0. The van der Waals surface area contributed by atoms with Gasteiger partial charge in [0.05, 0.1) is 0 Å². The Kier molecular flexibility index (Phi) is 2.04. The van der Waals surface area contributed by atoms with E-state index in [9.17, 15) is 4.79 Å². The third-order valence-electron chi connectivity index (χ3n) is 2.77. The summed E-state index contributed by atoms with van der Waals surface area (Å²) in [5.74, 6) is 1.85. The maximum atomic E-state index is 10.3. The maximum Gasteiger partial charge on any atom is 0.332 e. The number of primary amides is 1. The number of carbonyl (C=O) groups excluding carboxylic acids is 1. The second kappa shape index (κ2) is 3.20. The standard InChI is InChI=1S/C9H13N3O/c10-9(13)12-11-5-8-4-6-1-2-7(8)3-6/h1-2,5-8H,3-4H2,(H3,10,12,13)/b11-5+. The van der Waals surface area contributed by atoms with Gasteiger partial charge in [-0.05, 0) is 24.7 Å². The molecule has 2 rings (SSSR count). The molecule has 2 aliphatic carbocycles. The van der Waals surface area contributed by atoms with Crippen molar-refractivity contribution in [2.45, 2.75) is 12.8 Å². The zero-order chi connectivity index (χ0) is 9.26. The van der Waals surface area contributed by atoms with Crippen molar-refractivity contribution in [3.63, 3.8) is 0 Å². The molecule has 13 heavy (non-hydrogen) atoms. The first-order valence-corrected chi connectivity index (χ1v) is 4.52. The molecule has 2 aliphatic rings. The topological polar surface area (TPSA) is 67.5 Å². The van der Waals surface area contributed by atoms with E-state index in [0.29, 0.717) is 11.8 Å². The summed E-state index contributed by atoms with van der Waals surface area (Å²) in [4.78, 5) is 10.3. The minimum absolute atomic E-state index is 0.488. The average molecular weight is 179 g/mol. The number of hydrogen-bond donors (Lipinski definition) is 2. The zero-order valence-electron chi connectivity index (χ0n) is 7.31. The van der Waals surface area contributed by atoms with E-state index in [1.54, 1.807) is 6.21 Å². The first-order valence-electron chi connectivity index (χ1n) is 4.52. The van der Waals surface area contributed by atoms with Crippen LogP contribution < -0.4 is 11.2 Å². The predicted molar refractivity (Wildman–Crippen MR) is 50.1 cm³/mol. The van der Waals surface area contributed by atoms with Crippen LogP contribution in [0.4, 0.5) is 4.79 Å². The first-order chi connectivity index (χ1) is 6.25. The SMILES string of the molecule is NC(=O)N/N=C/C1CC2C=CC1C2. The maximum absolute atomic E-state index is 10.3. The first kappa shape index (κ1) is 8.29. The molecule has 1 fully saturated rings. The number of hydrazone groups is 1. The molecular formula is C9H13N3O. The molecule has 2 bridgehead atoms. The predicted octanol–water partition coefficient (Wildman–Crippen LogP) is 0.853. The minimum atomic E-state index is -0.602. The summed E-state index contributed by atoms with van der Waals surface area (Å²) in [6, 6.07) is -0.602. The molecule has 0 aliphatic heterocycles. The van der Waals surface area contributed by atoms with Gasteiger partial charge >= 0.3 is 6.03 Å². The molecule has 0 aromatic carbocycles. The van der Waals surface area contributed by atoms with Crippen molar-refractivity contribution in [2.24, 2.45) is 28.6 Å². The minimum Gasteiger partial charge on any atom is -0.350 e. The van der Waals surface area contributed by atoms with Crippen LogP contribution in [0.1, 0.15) is 12.8 Å². The highest BCUT2D eigenvalue weighted by atomic mass is 16.2. The molecule has 0 radical (unpaired) electrons. The summed E-state index contributed by atoms with van der Waals surface area (Å²) in [6.45, 7) is 0. The molecule has 0 aromatic rings. The van der Waals surface area contributed by atoms with Crippen molar-refractivity contribution in [3.05, 3.63) is 12.2 Å². The Labute approximate surface area is 76.9 Å². The molecule has 4 heteroatoms. The van der Waals surface area contributed by atoms with E-state index in [1.807, 2.05) is 0 Å². The van der Waals surface area contributed by atoms with Crippen LogP contribution in [0.25, 0.3) is 0 Å². The molecule has 0 aromatic heterocycles. The summed E-state index contributed by atoms with van der Waals surface area (Å²) in [5, 5.41) is 3.79. The third-order valence-corrected chi connectivity index (χ3v) is 2.77. The van der Waals surface area contributed by atoms with E-state index < -0.39 is 6.03 Å². The van der Waals surface area contributed by atoms with Crippen LogP contribution in [0.2, 0.25) is 0 Å². The Morgan fingerprint density at radius 2 is 2.38 bits per heavy atom. The normalized spacial score (nSPS) is 35.8. The van der Waals surface area contributed by atoms with Gasteiger partial charge in [-0.1, -0.05) is 12.2 Å². The van der Waals surface area contributed by atoms with Crippen molar-refractivity contribution in [1.29, 1.82) is 0 Å². The van der Waals surface area contributed by atoms with Crippen LogP contribution >= 0.6 is 0 Å². The quantitative estimate of drug-likeness (QED) is 0.368. The number of nitrogens with zero attached hydrogens (tertiary/aromatic N) is 1. The Bertz CT molecular complexity index is 272. The van der Waals surface area contributed by atoms with E-state index in [-0.39, 0.29) is 0 Å². The average Bonchev–Trinajstić information content (AvgIpc) is 2.64. The number of nitrogens with one attached hydrogen (secondary N) is 1. The highest BCUT2D eigenvalue weighted by Crippen LogP contribution is 2.42. The number of carbonyl (C=O) groups is 1. The number of allylic oxidation sites excluding steroid dienone is 2. The Hall–Kier alpha value is -1.32. The molecule has 0 heterocycles. The Morgan fingerprint density at radius 1 is 1.54 bits per heavy atom. The highest BCUT2D eigenvalue weighted by molar-refractivity contribution is 5.73. The van der Waals surface area contributed by atoms with Gasteiger partial charge in [-0.15, -0.1) is 0 Å². The Morgan fingerprint density at radius 3 is 2.92 bits per heavy atom. The second-order valence-corrected chi connectivity index (χ2v) is 3.70. The second-order valence-electron chi connectivity index (χ2n) is 3.70. The number of hydrogen-bond acceptors (Lipinski definition) is 2. The van der Waals surface area contributed by atoms with Crippen LogP contribution in [0.15, 0.2) is 17.3 Å². The third kappa shape index (κ3) is 1.71. The van der Waals surface area contributed by atoms with Gasteiger partial charge in [-0.2, -0.15) is 5.10 Å². The van der Waals surface area contributed by atoms with E-state index in [4.69, 9.17) is 5.73 Å². The van der Waals surface area contributed by atoms with Gasteiger partial charge in [0.1, 0.15) is 0 Å². The van der Waals surface area contributed by atoms with Gasteiger partial charge in [0.2, 0.25) is 0 Å². The lowest BCUT2D eigenvalue weighted by Gasteiger charge is -2.11. The number of fused-ring (bicyclic) bond motifs is 2. The fraction of sp³-hybridized carbons (Fsp3) is 0.556. The molecule has 1 saturated carbocycles. The smallest absolute Gasteiger partial charge is 0.332 e. The van der Waals surface area contributed by atoms with Crippen molar-refractivity contribution in [2.75, 3.05) is 0 Å². The summed E-state index contributed by atoms with van der Waals surface area (Å²) in [7, 11) is 0. The number of urea groups is 1. The molecule has 70 valence electrons. The van der Waals surface area contributed by atoms with Crippen molar-refractivity contribution in [3.8, 4) is 0 Å². The van der Waals surface area contributed by atoms with Crippen LogP contribution in [0, 0.1) is 17.8 Å². The highest BCUT2D eigenvalue weighted by Gasteiger charge is 2.34. The molecular weight excluding hydrogens is 166 g/mol. The number of amides is 2. The van der Waals surface area contributed by atoms with Gasteiger partial charge in [-0.3, -0.25) is 0 Å². The van der Waals surface area contributed by atoms with E-state index in [0.717, 1.165) is 12.3 Å². The molecule has 3 N–H and O–H groups in total. The lowest BCUT2D eigenvalue weighted by molar-refractivity contribution is 0.249.